The predicted octanol–water partition coefficient (Wildman–Crippen LogP) is 2.86. The number of rotatable bonds is 1. The zero-order valence-electron chi connectivity index (χ0n) is 10.3. The van der Waals surface area contributed by atoms with Crippen molar-refractivity contribution in [3.05, 3.63) is 57.9 Å². The quantitative estimate of drug-likeness (QED) is 0.470. The lowest BCUT2D eigenvalue weighted by molar-refractivity contribution is 0.994. The summed E-state index contributed by atoms with van der Waals surface area (Å²) in [6, 6.07) is 9.82. The van der Waals surface area contributed by atoms with E-state index in [1.54, 1.807) is 6.20 Å². The Kier molecular flexibility index (Phi) is 2.22. The maximum absolute atomic E-state index is 11.9. The van der Waals surface area contributed by atoms with Crippen molar-refractivity contribution in [2.75, 3.05) is 0 Å². The van der Waals surface area contributed by atoms with E-state index in [1.807, 2.05) is 41.1 Å². The summed E-state index contributed by atoms with van der Waals surface area (Å²) in [5.74, 6) is 0. The highest BCUT2D eigenvalue weighted by Gasteiger charge is 2.11. The van der Waals surface area contributed by atoms with E-state index in [-0.39, 0.29) is 5.56 Å². The molecule has 0 fully saturated rings. The van der Waals surface area contributed by atoms with Gasteiger partial charge in [0, 0.05) is 23.3 Å². The number of hydrogen-bond donors (Lipinski definition) is 3. The SMILES string of the molecule is O=c1[nH]c(=S)n(-c2c[nH]c3ccccc23)c2cc[nH]c12. The van der Waals surface area contributed by atoms with Crippen LogP contribution in [0.25, 0.3) is 27.6 Å². The molecule has 4 rings (SSSR count). The number of benzene rings is 1. The van der Waals surface area contributed by atoms with Crippen molar-refractivity contribution in [2.45, 2.75) is 0 Å². The molecule has 0 aliphatic rings. The minimum absolute atomic E-state index is 0.203. The molecule has 0 aliphatic carbocycles. The van der Waals surface area contributed by atoms with Crippen molar-refractivity contribution in [1.29, 1.82) is 0 Å². The molecule has 3 aromatic heterocycles. The molecule has 3 heterocycles. The summed E-state index contributed by atoms with van der Waals surface area (Å²) in [6.45, 7) is 0. The van der Waals surface area contributed by atoms with Crippen molar-refractivity contribution in [2.24, 2.45) is 0 Å². The fourth-order valence-electron chi connectivity index (χ4n) is 2.53. The van der Waals surface area contributed by atoms with Crippen LogP contribution in [0, 0.1) is 4.77 Å². The molecule has 3 N–H and O–H groups in total. The third-order valence-corrected chi connectivity index (χ3v) is 3.71. The van der Waals surface area contributed by atoms with Gasteiger partial charge >= 0.3 is 0 Å². The van der Waals surface area contributed by atoms with Gasteiger partial charge in [-0.25, -0.2) is 0 Å². The fraction of sp³-hybridized carbons (Fsp3) is 0. The summed E-state index contributed by atoms with van der Waals surface area (Å²) in [7, 11) is 0. The van der Waals surface area contributed by atoms with Gasteiger partial charge in [-0.1, -0.05) is 18.2 Å². The molecule has 6 heteroatoms. The number of para-hydroxylation sites is 1. The van der Waals surface area contributed by atoms with Crippen molar-refractivity contribution in [1.82, 2.24) is 19.5 Å². The van der Waals surface area contributed by atoms with Gasteiger partial charge in [0.1, 0.15) is 5.52 Å². The Morgan fingerprint density at radius 1 is 1.10 bits per heavy atom. The summed E-state index contributed by atoms with van der Waals surface area (Å²) < 4.78 is 2.24. The summed E-state index contributed by atoms with van der Waals surface area (Å²) in [6.07, 6.45) is 3.63. The van der Waals surface area contributed by atoms with E-state index in [0.717, 1.165) is 22.1 Å². The Hall–Kier alpha value is -2.60. The molecule has 0 atom stereocenters. The highest BCUT2D eigenvalue weighted by Crippen LogP contribution is 2.24. The Balaban J connectivity index is 2.21. The molecule has 1 aromatic carbocycles. The Bertz CT molecular complexity index is 1050. The summed E-state index contributed by atoms with van der Waals surface area (Å²) in [5.41, 5.74) is 3.03. The van der Waals surface area contributed by atoms with E-state index in [2.05, 4.69) is 15.0 Å². The van der Waals surface area contributed by atoms with E-state index >= 15 is 0 Å². The van der Waals surface area contributed by atoms with E-state index in [9.17, 15) is 4.79 Å². The number of aromatic amines is 3. The first-order valence-corrected chi connectivity index (χ1v) is 6.55. The molecule has 0 amide bonds. The zero-order valence-corrected chi connectivity index (χ0v) is 11.1. The second kappa shape index (κ2) is 3.94. The molecular formula is C14H10N4OS. The van der Waals surface area contributed by atoms with Crippen LogP contribution in [0.5, 0.6) is 0 Å². The number of fused-ring (bicyclic) bond motifs is 2. The first kappa shape index (κ1) is 11.2. The van der Waals surface area contributed by atoms with Crippen LogP contribution in [0.2, 0.25) is 0 Å². The Morgan fingerprint density at radius 2 is 1.95 bits per heavy atom. The summed E-state index contributed by atoms with van der Waals surface area (Å²) in [4.78, 5) is 20.7. The van der Waals surface area contributed by atoms with Gasteiger partial charge in [0.05, 0.1) is 11.2 Å². The van der Waals surface area contributed by atoms with E-state index in [4.69, 9.17) is 12.2 Å². The van der Waals surface area contributed by atoms with Gasteiger partial charge in [0.25, 0.3) is 5.56 Å². The molecule has 0 saturated heterocycles. The monoisotopic (exact) mass is 282 g/mol. The lowest BCUT2D eigenvalue weighted by Crippen LogP contribution is -2.12. The molecule has 0 unspecified atom stereocenters. The molecule has 98 valence electrons. The van der Waals surface area contributed by atoms with E-state index in [1.165, 1.54) is 0 Å². The standard InChI is InChI=1S/C14H10N4OS/c19-13-12-10(5-6-15-12)18(14(20)17-13)11-7-16-9-4-2-1-3-8(9)11/h1-7,15-16H,(H,17,19,20). The Morgan fingerprint density at radius 3 is 2.85 bits per heavy atom. The van der Waals surface area contributed by atoms with Crippen molar-refractivity contribution in [3.63, 3.8) is 0 Å². The van der Waals surface area contributed by atoms with Crippen LogP contribution in [0.15, 0.2) is 47.5 Å². The van der Waals surface area contributed by atoms with E-state index < -0.39 is 0 Å². The van der Waals surface area contributed by atoms with Crippen LogP contribution in [0.4, 0.5) is 0 Å². The average Bonchev–Trinajstić information content (AvgIpc) is 3.06. The maximum Gasteiger partial charge on any atom is 0.276 e. The molecular weight excluding hydrogens is 272 g/mol. The van der Waals surface area contributed by atoms with Crippen LogP contribution in [0.1, 0.15) is 0 Å². The van der Waals surface area contributed by atoms with Crippen LogP contribution in [-0.2, 0) is 0 Å². The van der Waals surface area contributed by atoms with Crippen molar-refractivity contribution in [3.8, 4) is 5.69 Å². The average molecular weight is 282 g/mol. The molecule has 0 aliphatic heterocycles. The third kappa shape index (κ3) is 1.42. The number of nitrogens with one attached hydrogen (secondary N) is 3. The normalized spacial score (nSPS) is 11.4. The number of aromatic nitrogens is 4. The maximum atomic E-state index is 11.9. The number of nitrogens with zero attached hydrogens (tertiary/aromatic N) is 1. The highest BCUT2D eigenvalue weighted by atomic mass is 32.1. The van der Waals surface area contributed by atoms with Crippen LogP contribution in [0.3, 0.4) is 0 Å². The minimum Gasteiger partial charge on any atom is -0.359 e. The van der Waals surface area contributed by atoms with Crippen molar-refractivity contribution >= 4 is 34.2 Å². The lowest BCUT2D eigenvalue weighted by Gasteiger charge is -2.07. The van der Waals surface area contributed by atoms with Gasteiger partial charge in [0.15, 0.2) is 4.77 Å². The van der Waals surface area contributed by atoms with Crippen LogP contribution >= 0.6 is 12.2 Å². The van der Waals surface area contributed by atoms with Gasteiger partial charge in [-0.2, -0.15) is 0 Å². The fourth-order valence-corrected chi connectivity index (χ4v) is 2.82. The first-order valence-electron chi connectivity index (χ1n) is 6.14. The summed E-state index contributed by atoms with van der Waals surface area (Å²) >= 11 is 5.32. The topological polar surface area (TPSA) is 69.4 Å². The van der Waals surface area contributed by atoms with Gasteiger partial charge < -0.3 is 9.97 Å². The van der Waals surface area contributed by atoms with Gasteiger partial charge in [-0.05, 0) is 24.4 Å². The largest absolute Gasteiger partial charge is 0.359 e. The molecule has 0 radical (unpaired) electrons. The zero-order chi connectivity index (χ0) is 13.7. The second-order valence-electron chi connectivity index (χ2n) is 4.55. The van der Waals surface area contributed by atoms with Crippen LogP contribution < -0.4 is 5.56 Å². The van der Waals surface area contributed by atoms with E-state index in [0.29, 0.717) is 10.3 Å². The molecule has 0 saturated carbocycles. The molecule has 5 nitrogen and oxygen atoms in total. The lowest BCUT2D eigenvalue weighted by atomic mass is 10.2. The van der Waals surface area contributed by atoms with Gasteiger partial charge in [-0.15, -0.1) is 0 Å². The highest BCUT2D eigenvalue weighted by molar-refractivity contribution is 7.71. The molecule has 4 aromatic rings. The third-order valence-electron chi connectivity index (χ3n) is 3.42. The number of H-pyrrole nitrogens is 3. The molecule has 0 spiro atoms. The van der Waals surface area contributed by atoms with Crippen molar-refractivity contribution < 1.29 is 0 Å². The predicted molar refractivity (Wildman–Crippen MR) is 80.9 cm³/mol. The first-order chi connectivity index (χ1) is 9.75. The molecule has 0 bridgehead atoms. The second-order valence-corrected chi connectivity index (χ2v) is 4.94. The van der Waals surface area contributed by atoms with Gasteiger partial charge in [-0.3, -0.25) is 14.3 Å². The minimum atomic E-state index is -0.203. The molecule has 20 heavy (non-hydrogen) atoms. The van der Waals surface area contributed by atoms with Gasteiger partial charge in [0.2, 0.25) is 0 Å². The van der Waals surface area contributed by atoms with Crippen LogP contribution in [-0.4, -0.2) is 19.5 Å². The number of hydrogen-bond acceptors (Lipinski definition) is 2. The smallest absolute Gasteiger partial charge is 0.276 e. The Labute approximate surface area is 117 Å². The summed E-state index contributed by atoms with van der Waals surface area (Å²) in [5, 5.41) is 1.05.